The summed E-state index contributed by atoms with van der Waals surface area (Å²) in [7, 11) is -0.621. The molecule has 1 heterocycles. The van der Waals surface area contributed by atoms with Crippen LogP contribution in [0, 0.1) is 15.9 Å². The number of carbonyl (C=O) groups is 1. The van der Waals surface area contributed by atoms with Gasteiger partial charge in [0.1, 0.15) is 11.5 Å². The molecule has 5 aromatic carbocycles. The SMILES string of the molecule is CN(C)CC[C@H](CSc1ccc(F)cc1)Nc1ccc(S(=O)(=O)NC(=O)c2ccc(N3CCN(Cc4ccccc4-c4ccc(Cl)cc4)CC3)cc2)cc1[N+](=O)[O-]. The van der Waals surface area contributed by atoms with Gasteiger partial charge < -0.3 is 15.1 Å². The lowest BCUT2D eigenvalue weighted by Gasteiger charge is -2.36. The quantitative estimate of drug-likeness (QED) is 0.0574. The summed E-state index contributed by atoms with van der Waals surface area (Å²) in [5.41, 5.74) is 4.28. The largest absolute Gasteiger partial charge is 0.376 e. The molecular weight excluding hydrogens is 787 g/mol. The highest BCUT2D eigenvalue weighted by atomic mass is 35.5. The molecule has 57 heavy (non-hydrogen) atoms. The summed E-state index contributed by atoms with van der Waals surface area (Å²) in [5.74, 6) is -0.674. The molecule has 2 N–H and O–H groups in total. The fraction of sp³-hybridized carbons (Fsp3) is 0.262. The number of piperazine rings is 1. The van der Waals surface area contributed by atoms with Crippen LogP contribution in [0.3, 0.4) is 0 Å². The van der Waals surface area contributed by atoms with Crippen LogP contribution in [-0.2, 0) is 16.6 Å². The molecule has 11 nitrogen and oxygen atoms in total. The van der Waals surface area contributed by atoms with Crippen molar-refractivity contribution in [2.24, 2.45) is 0 Å². The summed E-state index contributed by atoms with van der Waals surface area (Å²) in [6.07, 6.45) is 0.629. The van der Waals surface area contributed by atoms with E-state index in [-0.39, 0.29) is 23.1 Å². The highest BCUT2D eigenvalue weighted by Crippen LogP contribution is 2.31. The van der Waals surface area contributed by atoms with Crippen molar-refractivity contribution in [3.63, 3.8) is 0 Å². The number of thioether (sulfide) groups is 1. The number of nitro benzene ring substituents is 1. The Bertz CT molecular complexity index is 2270. The maximum absolute atomic E-state index is 13.4. The third-order valence-corrected chi connectivity index (χ3v) is 12.4. The number of sulfonamides is 1. The number of nitro groups is 1. The molecule has 5 aromatic rings. The fourth-order valence-electron chi connectivity index (χ4n) is 6.55. The number of hydrogen-bond donors (Lipinski definition) is 2. The Morgan fingerprint density at radius 1 is 0.930 bits per heavy atom. The van der Waals surface area contributed by atoms with E-state index in [1.54, 1.807) is 36.4 Å². The summed E-state index contributed by atoms with van der Waals surface area (Å²) in [6, 6.07) is 32.3. The van der Waals surface area contributed by atoms with Crippen LogP contribution in [0.5, 0.6) is 0 Å². The third kappa shape index (κ3) is 11.3. The van der Waals surface area contributed by atoms with E-state index in [9.17, 15) is 27.7 Å². The van der Waals surface area contributed by atoms with Gasteiger partial charge in [-0.15, -0.1) is 11.8 Å². The average Bonchev–Trinajstić information content (AvgIpc) is 3.20. The van der Waals surface area contributed by atoms with Crippen molar-refractivity contribution in [1.29, 1.82) is 0 Å². The number of nitrogens with one attached hydrogen (secondary N) is 2. The maximum atomic E-state index is 13.4. The zero-order chi connectivity index (χ0) is 40.5. The molecule has 1 atom stereocenters. The van der Waals surface area contributed by atoms with Gasteiger partial charge in [-0.25, -0.2) is 17.5 Å². The summed E-state index contributed by atoms with van der Waals surface area (Å²) >= 11 is 7.59. The van der Waals surface area contributed by atoms with Crippen LogP contribution < -0.4 is 14.9 Å². The zero-order valence-electron chi connectivity index (χ0n) is 31.6. The summed E-state index contributed by atoms with van der Waals surface area (Å²) in [6.45, 7) is 4.71. The lowest BCUT2D eigenvalue weighted by atomic mass is 9.99. The Morgan fingerprint density at radius 3 is 2.28 bits per heavy atom. The van der Waals surface area contributed by atoms with Crippen molar-refractivity contribution in [3.05, 3.63) is 147 Å². The number of benzene rings is 5. The smallest absolute Gasteiger partial charge is 0.293 e. The highest BCUT2D eigenvalue weighted by molar-refractivity contribution is 7.99. The van der Waals surface area contributed by atoms with Gasteiger partial charge in [-0.2, -0.15) is 0 Å². The first-order chi connectivity index (χ1) is 27.3. The Labute approximate surface area is 342 Å². The molecule has 1 aliphatic rings. The number of amides is 1. The third-order valence-electron chi connectivity index (χ3n) is 9.69. The van der Waals surface area contributed by atoms with E-state index in [1.165, 1.54) is 47.2 Å². The molecule has 0 aromatic heterocycles. The summed E-state index contributed by atoms with van der Waals surface area (Å²) in [5, 5.41) is 16.1. The first kappa shape index (κ1) is 41.6. The van der Waals surface area contributed by atoms with Crippen LogP contribution in [0.1, 0.15) is 22.3 Å². The van der Waals surface area contributed by atoms with Gasteiger partial charge >= 0.3 is 0 Å². The number of anilines is 2. The molecule has 0 spiro atoms. The van der Waals surface area contributed by atoms with Gasteiger partial charge in [0.25, 0.3) is 21.6 Å². The van der Waals surface area contributed by atoms with Gasteiger partial charge in [0.2, 0.25) is 0 Å². The van der Waals surface area contributed by atoms with Crippen LogP contribution >= 0.6 is 23.4 Å². The second-order valence-corrected chi connectivity index (χ2v) is 17.3. The molecule has 15 heteroatoms. The molecule has 1 amide bonds. The second kappa shape index (κ2) is 19.0. The Morgan fingerprint density at radius 2 is 1.61 bits per heavy atom. The standard InChI is InChI=1S/C42H44ClFN6O5S2/c1-47(2)22-21-35(29-56-37-17-13-34(44)14-18-37)45-40-20-19-38(27-41(40)50(52)53)57(54,55)46-42(51)31-9-15-36(16-10-31)49-25-23-48(24-26-49)28-32-5-3-4-6-39(32)30-7-11-33(43)12-8-30/h3-20,27,35,45H,21-26,28-29H2,1-2H3,(H,46,51)/t35-/m1/s1. The monoisotopic (exact) mass is 830 g/mol. The molecule has 1 aliphatic heterocycles. The van der Waals surface area contributed by atoms with Gasteiger partial charge in [0.05, 0.1) is 9.82 Å². The van der Waals surface area contributed by atoms with Crippen LogP contribution in [0.25, 0.3) is 11.1 Å². The maximum Gasteiger partial charge on any atom is 0.293 e. The first-order valence-electron chi connectivity index (χ1n) is 18.4. The Balaban J connectivity index is 1.06. The fourth-order valence-corrected chi connectivity index (χ4v) is 8.64. The lowest BCUT2D eigenvalue weighted by Crippen LogP contribution is -2.46. The van der Waals surface area contributed by atoms with Crippen LogP contribution in [-0.4, -0.2) is 87.7 Å². The normalized spacial score (nSPS) is 14.0. The molecular formula is C42H44ClFN6O5S2. The van der Waals surface area contributed by atoms with Crippen molar-refractivity contribution in [3.8, 4) is 11.1 Å². The Hall–Kier alpha value is -4.99. The van der Waals surface area contributed by atoms with Gasteiger partial charge in [-0.3, -0.25) is 19.8 Å². The van der Waals surface area contributed by atoms with Crippen molar-refractivity contribution in [2.45, 2.75) is 28.8 Å². The Kier molecular flexibility index (Phi) is 13.9. The highest BCUT2D eigenvalue weighted by Gasteiger charge is 2.26. The minimum absolute atomic E-state index is 0.134. The summed E-state index contributed by atoms with van der Waals surface area (Å²) in [4.78, 5) is 31.7. The van der Waals surface area contributed by atoms with Crippen LogP contribution in [0.15, 0.2) is 125 Å². The molecule has 1 fully saturated rings. The lowest BCUT2D eigenvalue weighted by molar-refractivity contribution is -0.384. The molecule has 298 valence electrons. The molecule has 0 saturated carbocycles. The molecule has 0 aliphatic carbocycles. The number of halogens is 2. The van der Waals surface area contributed by atoms with Crippen molar-refractivity contribution < 1.29 is 22.5 Å². The molecule has 0 unspecified atom stereocenters. The van der Waals surface area contributed by atoms with Crippen LogP contribution in [0.4, 0.5) is 21.5 Å². The number of rotatable bonds is 16. The van der Waals surface area contributed by atoms with E-state index in [4.69, 9.17) is 11.6 Å². The predicted octanol–water partition coefficient (Wildman–Crippen LogP) is 8.02. The number of nitrogens with zero attached hydrogens (tertiary/aromatic N) is 4. The van der Waals surface area contributed by atoms with E-state index in [0.29, 0.717) is 23.7 Å². The van der Waals surface area contributed by atoms with Crippen molar-refractivity contribution >= 4 is 56.4 Å². The zero-order valence-corrected chi connectivity index (χ0v) is 34.0. The van der Waals surface area contributed by atoms with E-state index >= 15 is 0 Å². The van der Waals surface area contributed by atoms with Crippen molar-refractivity contribution in [2.75, 3.05) is 62.8 Å². The van der Waals surface area contributed by atoms with Crippen LogP contribution in [0.2, 0.25) is 5.02 Å². The van der Waals surface area contributed by atoms with Gasteiger partial charge in [-0.05, 0) is 117 Å². The van der Waals surface area contributed by atoms with E-state index in [0.717, 1.165) is 54.9 Å². The van der Waals surface area contributed by atoms with Gasteiger partial charge in [0, 0.05) is 71.8 Å². The molecule has 0 radical (unpaired) electrons. The van der Waals surface area contributed by atoms with E-state index in [1.807, 2.05) is 49.3 Å². The topological polar surface area (TPSA) is 128 Å². The van der Waals surface area contributed by atoms with Gasteiger partial charge in [0.15, 0.2) is 0 Å². The van der Waals surface area contributed by atoms with Crippen molar-refractivity contribution in [1.82, 2.24) is 14.5 Å². The van der Waals surface area contributed by atoms with Gasteiger partial charge in [-0.1, -0.05) is 48.0 Å². The minimum Gasteiger partial charge on any atom is -0.376 e. The predicted molar refractivity (Wildman–Crippen MR) is 226 cm³/mol. The number of carbonyl (C=O) groups excluding carboxylic acids is 1. The summed E-state index contributed by atoms with van der Waals surface area (Å²) < 4.78 is 42.2. The minimum atomic E-state index is -4.46. The number of hydrogen-bond acceptors (Lipinski definition) is 10. The van der Waals surface area contributed by atoms with E-state index < -0.39 is 31.4 Å². The average molecular weight is 831 g/mol. The molecule has 0 bridgehead atoms. The first-order valence-corrected chi connectivity index (χ1v) is 21.3. The second-order valence-electron chi connectivity index (χ2n) is 14.0. The molecule has 1 saturated heterocycles. The van der Waals surface area contributed by atoms with E-state index in [2.05, 4.69) is 38.0 Å². The molecule has 6 rings (SSSR count).